The zero-order valence-electron chi connectivity index (χ0n) is 14.2. The first-order chi connectivity index (χ1) is 12.7. The summed E-state index contributed by atoms with van der Waals surface area (Å²) in [5, 5.41) is 0. The van der Waals surface area contributed by atoms with Crippen LogP contribution in [0.3, 0.4) is 0 Å². The summed E-state index contributed by atoms with van der Waals surface area (Å²) in [6, 6.07) is 13.5. The first kappa shape index (κ1) is 15.5. The van der Waals surface area contributed by atoms with E-state index in [0.29, 0.717) is 16.7 Å². The molecule has 0 fully saturated rings. The predicted molar refractivity (Wildman–Crippen MR) is 102 cm³/mol. The smallest absolute Gasteiger partial charge is 0.217 e. The maximum atomic E-state index is 13.2. The third-order valence-corrected chi connectivity index (χ3v) is 6.32. The Bertz CT molecular complexity index is 1090. The summed E-state index contributed by atoms with van der Waals surface area (Å²) in [7, 11) is 0. The van der Waals surface area contributed by atoms with Crippen molar-refractivity contribution in [2.24, 2.45) is 5.92 Å². The molecule has 1 heterocycles. The molecule has 2 aromatic rings. The highest BCUT2D eigenvalue weighted by Crippen LogP contribution is 2.41. The van der Waals surface area contributed by atoms with Gasteiger partial charge in [0.05, 0.1) is 9.80 Å². The van der Waals surface area contributed by atoms with Crippen LogP contribution in [0.1, 0.15) is 33.2 Å². The van der Waals surface area contributed by atoms with E-state index in [2.05, 4.69) is 30.1 Å². The maximum absolute atomic E-state index is 13.2. The van der Waals surface area contributed by atoms with Crippen LogP contribution in [-0.2, 0) is 6.42 Å². The fourth-order valence-electron chi connectivity index (χ4n) is 3.80. The maximum Gasteiger partial charge on any atom is 0.217 e. The van der Waals surface area contributed by atoms with Crippen LogP contribution in [-0.4, -0.2) is 17.3 Å². The van der Waals surface area contributed by atoms with E-state index in [-0.39, 0.29) is 11.6 Å². The van der Waals surface area contributed by atoms with Gasteiger partial charge in [0.25, 0.3) is 0 Å². The normalized spacial score (nSPS) is 20.2. The molecule has 0 aromatic heterocycles. The number of allylic oxidation sites excluding steroid dienone is 4. The molecule has 4 heteroatoms. The van der Waals surface area contributed by atoms with Gasteiger partial charge >= 0.3 is 0 Å². The van der Waals surface area contributed by atoms with Crippen molar-refractivity contribution in [2.45, 2.75) is 18.2 Å². The van der Waals surface area contributed by atoms with Gasteiger partial charge in [-0.1, -0.05) is 55.1 Å². The van der Waals surface area contributed by atoms with E-state index in [0.717, 1.165) is 27.6 Å². The van der Waals surface area contributed by atoms with E-state index in [4.69, 9.17) is 0 Å². The SMILES string of the molecule is CCc1ccc2c(c1)SC1=CC=C3C(=O)c4ccccc4C(=O)C3C1=[NH+]2. The van der Waals surface area contributed by atoms with Gasteiger partial charge in [-0.25, -0.2) is 4.99 Å². The number of aryl methyl sites for hydroxylation is 1. The minimum Gasteiger partial charge on any atom is -0.293 e. The molecule has 1 aliphatic heterocycles. The van der Waals surface area contributed by atoms with Crippen LogP contribution < -0.4 is 4.99 Å². The molecular weight excluding hydrogens is 342 g/mol. The van der Waals surface area contributed by atoms with Crippen molar-refractivity contribution in [2.75, 3.05) is 0 Å². The molecule has 0 amide bonds. The van der Waals surface area contributed by atoms with Crippen molar-refractivity contribution in [3.8, 4) is 0 Å². The number of ketones is 2. The summed E-state index contributed by atoms with van der Waals surface area (Å²) >= 11 is 1.66. The minimum atomic E-state index is -0.538. The Balaban J connectivity index is 1.68. The molecule has 2 aromatic carbocycles. The van der Waals surface area contributed by atoms with E-state index in [9.17, 15) is 9.59 Å². The number of benzene rings is 2. The molecule has 1 atom stereocenters. The molecule has 0 saturated carbocycles. The second-order valence-electron chi connectivity index (χ2n) is 6.65. The third kappa shape index (κ3) is 2.12. The zero-order chi connectivity index (χ0) is 17.8. The summed E-state index contributed by atoms with van der Waals surface area (Å²) in [5.41, 5.74) is 4.71. The van der Waals surface area contributed by atoms with Crippen LogP contribution in [0.2, 0.25) is 0 Å². The van der Waals surface area contributed by atoms with Crippen molar-refractivity contribution < 1.29 is 14.6 Å². The van der Waals surface area contributed by atoms with Crippen molar-refractivity contribution in [3.63, 3.8) is 0 Å². The van der Waals surface area contributed by atoms with Crippen molar-refractivity contribution in [3.05, 3.63) is 81.8 Å². The van der Waals surface area contributed by atoms with Crippen LogP contribution in [0.4, 0.5) is 5.69 Å². The Morgan fingerprint density at radius 1 is 1.04 bits per heavy atom. The number of thioether (sulfide) groups is 1. The second kappa shape index (κ2) is 5.64. The van der Waals surface area contributed by atoms with Crippen molar-refractivity contribution in [1.82, 2.24) is 0 Å². The first-order valence-electron chi connectivity index (χ1n) is 8.72. The lowest BCUT2D eigenvalue weighted by molar-refractivity contribution is -0.359. The van der Waals surface area contributed by atoms with E-state index in [1.165, 1.54) is 5.56 Å². The molecule has 0 saturated heterocycles. The van der Waals surface area contributed by atoms with E-state index >= 15 is 0 Å². The van der Waals surface area contributed by atoms with Gasteiger partial charge in [0.1, 0.15) is 5.92 Å². The molecule has 126 valence electrons. The number of carbonyl (C=O) groups is 2. The number of carbonyl (C=O) groups excluding carboxylic acids is 2. The quantitative estimate of drug-likeness (QED) is 0.852. The molecule has 1 unspecified atom stereocenters. The lowest BCUT2D eigenvalue weighted by Gasteiger charge is -2.28. The third-order valence-electron chi connectivity index (χ3n) is 5.18. The lowest BCUT2D eigenvalue weighted by atomic mass is 9.74. The van der Waals surface area contributed by atoms with Gasteiger partial charge < -0.3 is 0 Å². The minimum absolute atomic E-state index is 0.00576. The fourth-order valence-corrected chi connectivity index (χ4v) is 4.89. The second-order valence-corrected chi connectivity index (χ2v) is 7.73. The Morgan fingerprint density at radius 3 is 2.65 bits per heavy atom. The predicted octanol–water partition coefficient (Wildman–Crippen LogP) is 3.03. The molecule has 26 heavy (non-hydrogen) atoms. The molecule has 2 aliphatic carbocycles. The Kier molecular flexibility index (Phi) is 3.37. The van der Waals surface area contributed by atoms with Gasteiger partial charge in [0, 0.05) is 22.8 Å². The fraction of sp³-hybridized carbons (Fsp3) is 0.136. The van der Waals surface area contributed by atoms with Gasteiger partial charge in [-0.2, -0.15) is 0 Å². The highest BCUT2D eigenvalue weighted by Gasteiger charge is 2.46. The summed E-state index contributed by atoms with van der Waals surface area (Å²) in [4.78, 5) is 31.7. The van der Waals surface area contributed by atoms with Crippen LogP contribution in [0.15, 0.2) is 70.0 Å². The molecule has 0 spiro atoms. The Morgan fingerprint density at radius 2 is 1.85 bits per heavy atom. The Labute approximate surface area is 155 Å². The monoisotopic (exact) mass is 358 g/mol. The molecule has 0 bridgehead atoms. The van der Waals surface area contributed by atoms with Gasteiger partial charge in [-0.05, 0) is 24.1 Å². The molecule has 3 aliphatic rings. The van der Waals surface area contributed by atoms with Gasteiger partial charge in [-0.3, -0.25) is 9.59 Å². The zero-order valence-corrected chi connectivity index (χ0v) is 15.0. The molecule has 1 N–H and O–H groups in total. The lowest BCUT2D eigenvalue weighted by Crippen LogP contribution is -2.71. The summed E-state index contributed by atoms with van der Waals surface area (Å²) < 4.78 is 0. The largest absolute Gasteiger partial charge is 0.293 e. The van der Waals surface area contributed by atoms with Crippen LogP contribution in [0.5, 0.6) is 0 Å². The van der Waals surface area contributed by atoms with Gasteiger partial charge in [-0.15, -0.1) is 0 Å². The number of fused-ring (bicyclic) bond motifs is 5. The summed E-state index contributed by atoms with van der Waals surface area (Å²) in [6.07, 6.45) is 4.77. The van der Waals surface area contributed by atoms with Gasteiger partial charge in [0.15, 0.2) is 11.6 Å². The summed E-state index contributed by atoms with van der Waals surface area (Å²) in [5.74, 6) is -0.593. The molecular formula is C22H16NO2S+. The average molecular weight is 358 g/mol. The topological polar surface area (TPSA) is 48.1 Å². The highest BCUT2D eigenvalue weighted by molar-refractivity contribution is 8.04. The number of hydrogen-bond donors (Lipinski definition) is 1. The van der Waals surface area contributed by atoms with Crippen LogP contribution >= 0.6 is 11.8 Å². The number of nitrogens with one attached hydrogen (secondary N) is 1. The molecule has 5 rings (SSSR count). The highest BCUT2D eigenvalue weighted by atomic mass is 32.2. The van der Waals surface area contributed by atoms with Crippen molar-refractivity contribution in [1.29, 1.82) is 0 Å². The number of Topliss-reactive ketones (excluding diaryl/α,β-unsaturated/α-hetero) is 2. The van der Waals surface area contributed by atoms with E-state index in [1.54, 1.807) is 30.0 Å². The van der Waals surface area contributed by atoms with Crippen LogP contribution in [0.25, 0.3) is 0 Å². The number of rotatable bonds is 1. The van der Waals surface area contributed by atoms with Crippen LogP contribution in [0, 0.1) is 5.92 Å². The van der Waals surface area contributed by atoms with Crippen molar-refractivity contribution >= 4 is 34.7 Å². The average Bonchev–Trinajstić information content (AvgIpc) is 2.69. The first-order valence-corrected chi connectivity index (χ1v) is 9.54. The van der Waals surface area contributed by atoms with E-state index < -0.39 is 5.92 Å². The van der Waals surface area contributed by atoms with Gasteiger partial charge in [0.2, 0.25) is 11.4 Å². The number of hydrogen-bond acceptors (Lipinski definition) is 3. The molecule has 3 nitrogen and oxygen atoms in total. The Hall–Kier alpha value is -2.72. The molecule has 0 radical (unpaired) electrons. The standard InChI is InChI=1S/C22H15NO2S/c1-2-12-7-9-16-18(11-12)26-17-10-8-15-19(20(17)23-16)22(25)14-6-4-3-5-13(14)21(15)24/h3-11,19H,2H2,1H3/p+1. The summed E-state index contributed by atoms with van der Waals surface area (Å²) in [6.45, 7) is 2.14. The van der Waals surface area contributed by atoms with E-state index in [1.807, 2.05) is 18.2 Å².